The molecule has 0 amide bonds. The first-order chi connectivity index (χ1) is 69.9. The van der Waals surface area contributed by atoms with Crippen molar-refractivity contribution in [1.82, 2.24) is 53.6 Å². The highest BCUT2D eigenvalue weighted by atomic mass is 15.1. The van der Waals surface area contributed by atoms with Crippen LogP contribution in [0.3, 0.4) is 0 Å². The molecule has 0 N–H and O–H groups in total. The second-order valence-electron chi connectivity index (χ2n) is 36.3. The number of fused-ring (bicyclic) bond motifs is 9. The molecule has 11 nitrogen and oxygen atoms in total. The minimum atomic E-state index is 0.642. The van der Waals surface area contributed by atoms with Gasteiger partial charge in [-0.3, -0.25) is 0 Å². The Hall–Kier alpha value is -19.1. The van der Waals surface area contributed by atoms with Gasteiger partial charge in [0.15, 0.2) is 40.8 Å². The van der Waals surface area contributed by atoms with Crippen molar-refractivity contribution in [2.45, 2.75) is 0 Å². The Balaban J connectivity index is 0.000000104. The molecule has 0 saturated carbocycles. The van der Waals surface area contributed by atoms with E-state index >= 15 is 0 Å². The van der Waals surface area contributed by atoms with Gasteiger partial charge in [-0.25, -0.2) is 39.9 Å². The first-order valence-electron chi connectivity index (χ1n) is 47.8. The predicted molar refractivity (Wildman–Crippen MR) is 579 cm³/mol. The molecule has 654 valence electrons. The molecule has 0 atom stereocenters. The van der Waals surface area contributed by atoms with Gasteiger partial charge in [-0.1, -0.05) is 388 Å². The molecule has 0 unspecified atom stereocenters. The Morgan fingerprint density at radius 1 is 0.121 bits per heavy atom. The molecule has 6 heterocycles. The standard InChI is InChI=1S/C44H27N3.2C43H26N4/c1-3-12-28(13-4-1)37-27-38(46-44(45-37)30-14-5-2-6-15-30)31-17-9-18-32(26-31)47-39-23-11-22-36-34-20-8-7-19-33(34)35-21-10-16-29-24-25-40(47)43(41(29)35)42(36)39;1-3-12-28(13-4-1)41-44-42(29-14-5-2-6-15-29)46-43(45-41)30-17-9-18-31(26-30)47-36-23-11-22-35-33-20-8-7-19-32(33)34-21-10-16-27-24-25-37(47)40(38(27)34)39(35)36;1-3-11-28(12-4-1)41-44-42(29-13-5-2-6-14-29)46-43(45-41)30-21-24-31(25-22-30)47-36-20-10-19-35-33-17-8-7-16-32(33)34-18-9-15-27-23-26-37(47)40(38(27)34)39(35)36/h1-27H;2*1-26H. The van der Waals surface area contributed by atoms with Crippen molar-refractivity contribution in [2.75, 3.05) is 0 Å². The van der Waals surface area contributed by atoms with Gasteiger partial charge in [0, 0.05) is 99.5 Å². The summed E-state index contributed by atoms with van der Waals surface area (Å²) >= 11 is 0. The molecule has 0 saturated heterocycles. The van der Waals surface area contributed by atoms with E-state index in [9.17, 15) is 0 Å². The fourth-order valence-electron chi connectivity index (χ4n) is 22.1. The molecule has 21 aromatic carbocycles. The van der Waals surface area contributed by atoms with E-state index < -0.39 is 0 Å². The molecule has 0 spiro atoms. The van der Waals surface area contributed by atoms with Crippen LogP contribution in [0.1, 0.15) is 0 Å². The highest BCUT2D eigenvalue weighted by Crippen LogP contribution is 2.55. The first kappa shape index (κ1) is 80.4. The minimum Gasteiger partial charge on any atom is -0.309 e. The first-order valence-corrected chi connectivity index (χ1v) is 47.8. The van der Waals surface area contributed by atoms with Gasteiger partial charge in [-0.15, -0.1) is 0 Å². The van der Waals surface area contributed by atoms with Crippen LogP contribution >= 0.6 is 0 Å². The fourth-order valence-corrected chi connectivity index (χ4v) is 22.1. The lowest BCUT2D eigenvalue weighted by Crippen LogP contribution is -2.01. The quantitative estimate of drug-likeness (QED) is 0.119. The van der Waals surface area contributed by atoms with Crippen molar-refractivity contribution >= 4 is 97.7 Å². The van der Waals surface area contributed by atoms with Crippen LogP contribution in [0.25, 0.3) is 284 Å². The van der Waals surface area contributed by atoms with E-state index in [2.05, 4.69) is 347 Å². The summed E-state index contributed by atoms with van der Waals surface area (Å²) in [5, 5.41) is 15.5. The van der Waals surface area contributed by atoms with E-state index in [0.29, 0.717) is 40.8 Å². The molecule has 3 aliphatic rings. The number of rotatable bonds is 12. The monoisotopic (exact) mass is 1790 g/mol. The molecule has 27 aromatic rings. The van der Waals surface area contributed by atoms with Crippen molar-refractivity contribution < 1.29 is 0 Å². The van der Waals surface area contributed by atoms with E-state index in [1.807, 2.05) is 146 Å². The Morgan fingerprint density at radius 2 is 0.348 bits per heavy atom. The van der Waals surface area contributed by atoms with Crippen molar-refractivity contribution in [3.8, 4) is 186 Å². The lowest BCUT2D eigenvalue weighted by Gasteiger charge is -2.14. The van der Waals surface area contributed by atoms with E-state index in [1.165, 1.54) is 164 Å². The summed E-state index contributed by atoms with van der Waals surface area (Å²) in [5.41, 5.74) is 36.4. The summed E-state index contributed by atoms with van der Waals surface area (Å²) < 4.78 is 7.23. The van der Waals surface area contributed by atoms with Crippen LogP contribution in [-0.4, -0.2) is 53.6 Å². The van der Waals surface area contributed by atoms with E-state index in [1.54, 1.807) is 0 Å². The van der Waals surface area contributed by atoms with Crippen molar-refractivity contribution in [2.24, 2.45) is 0 Å². The number of benzene rings is 21. The second kappa shape index (κ2) is 32.9. The van der Waals surface area contributed by atoms with Crippen LogP contribution in [0, 0.1) is 0 Å². The molecule has 30 rings (SSSR count). The van der Waals surface area contributed by atoms with Gasteiger partial charge in [-0.2, -0.15) is 0 Å². The second-order valence-corrected chi connectivity index (χ2v) is 36.3. The summed E-state index contributed by atoms with van der Waals surface area (Å²) in [5.74, 6) is 4.63. The number of hydrogen-bond acceptors (Lipinski definition) is 8. The third-order valence-electron chi connectivity index (χ3n) is 28.3. The molecule has 0 fully saturated rings. The zero-order valence-electron chi connectivity index (χ0n) is 76.0. The summed E-state index contributed by atoms with van der Waals surface area (Å²) in [7, 11) is 0. The molecule has 0 radical (unpaired) electrons. The van der Waals surface area contributed by atoms with Gasteiger partial charge >= 0.3 is 0 Å². The number of nitrogens with zero attached hydrogens (tertiary/aromatic N) is 11. The number of aromatic nitrogens is 11. The average molecular weight is 1800 g/mol. The third-order valence-corrected chi connectivity index (χ3v) is 28.3. The topological polar surface area (TPSA) is 118 Å². The van der Waals surface area contributed by atoms with Crippen LogP contribution < -0.4 is 0 Å². The molecule has 0 bridgehead atoms. The van der Waals surface area contributed by atoms with E-state index in [4.69, 9.17) is 39.9 Å². The zero-order valence-corrected chi connectivity index (χ0v) is 76.0. The Kier molecular flexibility index (Phi) is 18.7. The molecule has 0 aliphatic heterocycles. The average Bonchev–Trinajstić information content (AvgIpc) is 1.55. The summed E-state index contributed by atoms with van der Waals surface area (Å²) in [6, 6.07) is 169. The molecule has 6 aromatic heterocycles. The van der Waals surface area contributed by atoms with Gasteiger partial charge in [0.2, 0.25) is 0 Å². The Morgan fingerprint density at radius 3 is 0.681 bits per heavy atom. The SMILES string of the molecule is c1ccc(-c2cc(-c3cccc(-n4c5cccc6c5c5c7c(cccc7ccc54)-c4ccccc4-6)c3)nc(-c3ccccc3)n2)cc1.c1ccc(-c2nc(-c3ccccc3)nc(-c3ccc(-n4c5cccc6c5c5c7c(cccc7ccc54)-c4ccccc4-6)cc3)n2)cc1.c1ccc(-c2nc(-c3ccccc3)nc(-c3cccc(-n4c5cccc6c5c5c7c(cccc7ccc54)-c4ccccc4-6)c3)n2)cc1. The molecular formula is C130H79N11. The van der Waals surface area contributed by atoms with Crippen LogP contribution in [0.5, 0.6) is 0 Å². The summed E-state index contributed by atoms with van der Waals surface area (Å²) in [6.07, 6.45) is 0. The minimum absolute atomic E-state index is 0.642. The molecular weight excluding hydrogens is 1720 g/mol. The van der Waals surface area contributed by atoms with Crippen molar-refractivity contribution in [3.63, 3.8) is 0 Å². The van der Waals surface area contributed by atoms with Gasteiger partial charge in [0.05, 0.1) is 44.5 Å². The van der Waals surface area contributed by atoms with Gasteiger partial charge in [0.1, 0.15) is 0 Å². The summed E-state index contributed by atoms with van der Waals surface area (Å²) in [4.78, 5) is 39.8. The van der Waals surface area contributed by atoms with Gasteiger partial charge < -0.3 is 13.7 Å². The normalized spacial score (nSPS) is 11.8. The van der Waals surface area contributed by atoms with Crippen LogP contribution in [0.4, 0.5) is 0 Å². The largest absolute Gasteiger partial charge is 0.309 e. The molecule has 11 heteroatoms. The lowest BCUT2D eigenvalue weighted by molar-refractivity contribution is 1.07. The maximum absolute atomic E-state index is 5.13. The van der Waals surface area contributed by atoms with Crippen molar-refractivity contribution in [1.29, 1.82) is 0 Å². The predicted octanol–water partition coefficient (Wildman–Crippen LogP) is 32.9. The molecule has 3 aliphatic carbocycles. The maximum atomic E-state index is 5.13. The smallest absolute Gasteiger partial charge is 0.164 e. The van der Waals surface area contributed by atoms with Gasteiger partial charge in [0.25, 0.3) is 0 Å². The fraction of sp³-hybridized carbons (Fsp3) is 0. The van der Waals surface area contributed by atoms with E-state index in [-0.39, 0.29) is 0 Å². The number of hydrogen-bond donors (Lipinski definition) is 0. The highest BCUT2D eigenvalue weighted by molar-refractivity contribution is 6.34. The lowest BCUT2D eigenvalue weighted by atomic mass is 9.93. The van der Waals surface area contributed by atoms with Gasteiger partial charge in [-0.05, 0) is 190 Å². The van der Waals surface area contributed by atoms with Crippen LogP contribution in [-0.2, 0) is 0 Å². The van der Waals surface area contributed by atoms with Crippen molar-refractivity contribution in [3.05, 3.63) is 479 Å². The van der Waals surface area contributed by atoms with E-state index in [0.717, 1.165) is 78.5 Å². The zero-order chi connectivity index (χ0) is 92.7. The van der Waals surface area contributed by atoms with Crippen LogP contribution in [0.15, 0.2) is 479 Å². The Labute approximate surface area is 811 Å². The van der Waals surface area contributed by atoms with Crippen LogP contribution in [0.2, 0.25) is 0 Å². The summed E-state index contributed by atoms with van der Waals surface area (Å²) in [6.45, 7) is 0. The Bertz CT molecular complexity index is 9230. The molecule has 141 heavy (non-hydrogen) atoms. The highest BCUT2D eigenvalue weighted by Gasteiger charge is 2.31. The maximum Gasteiger partial charge on any atom is 0.164 e. The third kappa shape index (κ3) is 13.3.